The highest BCUT2D eigenvalue weighted by Gasteiger charge is 2.21. The number of hydrogen-bond acceptors (Lipinski definition) is 7. The highest BCUT2D eigenvalue weighted by Crippen LogP contribution is 2.22. The fraction of sp³-hybridized carbons (Fsp3) is 0.217. The van der Waals surface area contributed by atoms with E-state index in [1.807, 2.05) is 13.8 Å². The van der Waals surface area contributed by atoms with E-state index in [4.69, 9.17) is 13.3 Å². The summed E-state index contributed by atoms with van der Waals surface area (Å²) >= 11 is 0. The minimum absolute atomic E-state index is 0.155. The molecule has 0 spiro atoms. The summed E-state index contributed by atoms with van der Waals surface area (Å²) in [5.41, 5.74) is 1.79. The lowest BCUT2D eigenvalue weighted by Crippen LogP contribution is -2.31. The third-order valence-corrected chi connectivity index (χ3v) is 4.78. The first-order valence-corrected chi connectivity index (χ1v) is 10.2. The van der Waals surface area contributed by atoms with E-state index in [1.165, 1.54) is 12.5 Å². The summed E-state index contributed by atoms with van der Waals surface area (Å²) < 4.78 is 16.1. The fourth-order valence-corrected chi connectivity index (χ4v) is 3.17. The van der Waals surface area contributed by atoms with E-state index in [-0.39, 0.29) is 30.0 Å². The molecule has 0 radical (unpaired) electrons. The fourth-order valence-electron chi connectivity index (χ4n) is 3.17. The Hall–Kier alpha value is -4.14. The number of aryl methyl sites for hydroxylation is 1. The second-order valence-corrected chi connectivity index (χ2v) is 7.17. The highest BCUT2D eigenvalue weighted by atomic mass is 16.4. The SMILES string of the molecule is CCCN(Cc1nnc(-c2ccco2)o1)C(=O)c1ccc(C)c(NC(=O)c2ccco2)c1. The van der Waals surface area contributed by atoms with Gasteiger partial charge in [0.05, 0.1) is 19.1 Å². The number of anilines is 1. The second kappa shape index (κ2) is 9.34. The van der Waals surface area contributed by atoms with Crippen molar-refractivity contribution >= 4 is 17.5 Å². The first-order chi connectivity index (χ1) is 15.5. The van der Waals surface area contributed by atoms with Gasteiger partial charge >= 0.3 is 0 Å². The molecule has 4 rings (SSSR count). The van der Waals surface area contributed by atoms with Crippen LogP contribution in [0.25, 0.3) is 11.7 Å². The van der Waals surface area contributed by atoms with Crippen LogP contribution in [0.2, 0.25) is 0 Å². The first kappa shape index (κ1) is 21.1. The van der Waals surface area contributed by atoms with Crippen molar-refractivity contribution in [1.82, 2.24) is 15.1 Å². The second-order valence-electron chi connectivity index (χ2n) is 7.17. The van der Waals surface area contributed by atoms with E-state index in [2.05, 4.69) is 15.5 Å². The van der Waals surface area contributed by atoms with E-state index in [0.717, 1.165) is 12.0 Å². The Kier molecular flexibility index (Phi) is 6.16. The summed E-state index contributed by atoms with van der Waals surface area (Å²) in [4.78, 5) is 27.2. The van der Waals surface area contributed by atoms with Crippen molar-refractivity contribution in [3.8, 4) is 11.7 Å². The lowest BCUT2D eigenvalue weighted by molar-refractivity contribution is 0.0728. The maximum Gasteiger partial charge on any atom is 0.291 e. The van der Waals surface area contributed by atoms with Gasteiger partial charge in [-0.15, -0.1) is 10.2 Å². The molecule has 3 heterocycles. The molecule has 1 aromatic carbocycles. The van der Waals surface area contributed by atoms with Gasteiger partial charge < -0.3 is 23.5 Å². The summed E-state index contributed by atoms with van der Waals surface area (Å²) in [5.74, 6) is 0.622. The molecule has 0 aliphatic carbocycles. The molecule has 0 atom stereocenters. The molecule has 0 bridgehead atoms. The predicted octanol–water partition coefficient (Wildman–Crippen LogP) is 4.54. The minimum Gasteiger partial charge on any atom is -0.459 e. The van der Waals surface area contributed by atoms with Crippen LogP contribution < -0.4 is 5.32 Å². The van der Waals surface area contributed by atoms with Gasteiger partial charge in [0.25, 0.3) is 17.7 Å². The summed E-state index contributed by atoms with van der Waals surface area (Å²) in [7, 11) is 0. The third-order valence-electron chi connectivity index (χ3n) is 4.78. The molecule has 4 aromatic rings. The lowest BCUT2D eigenvalue weighted by atomic mass is 10.1. The number of hydrogen-bond donors (Lipinski definition) is 1. The van der Waals surface area contributed by atoms with Gasteiger partial charge in [0.2, 0.25) is 5.89 Å². The Bertz CT molecular complexity index is 1200. The van der Waals surface area contributed by atoms with Crippen LogP contribution in [-0.2, 0) is 6.54 Å². The van der Waals surface area contributed by atoms with E-state index < -0.39 is 0 Å². The summed E-state index contributed by atoms with van der Waals surface area (Å²) in [5, 5.41) is 10.8. The molecular formula is C23H22N4O5. The number of carbonyl (C=O) groups is 2. The molecule has 1 N–H and O–H groups in total. The number of furan rings is 2. The van der Waals surface area contributed by atoms with Crippen molar-refractivity contribution in [2.45, 2.75) is 26.8 Å². The molecule has 9 nitrogen and oxygen atoms in total. The van der Waals surface area contributed by atoms with Crippen molar-refractivity contribution in [3.63, 3.8) is 0 Å². The van der Waals surface area contributed by atoms with Crippen molar-refractivity contribution in [2.75, 3.05) is 11.9 Å². The summed E-state index contributed by atoms with van der Waals surface area (Å²) in [6.45, 7) is 4.48. The van der Waals surface area contributed by atoms with E-state index >= 15 is 0 Å². The van der Waals surface area contributed by atoms with Gasteiger partial charge in [0.15, 0.2) is 11.5 Å². The van der Waals surface area contributed by atoms with E-state index in [9.17, 15) is 9.59 Å². The average molecular weight is 434 g/mol. The zero-order chi connectivity index (χ0) is 22.5. The van der Waals surface area contributed by atoms with Crippen molar-refractivity contribution in [2.24, 2.45) is 0 Å². The van der Waals surface area contributed by atoms with Gasteiger partial charge in [-0.2, -0.15) is 0 Å². The Labute approximate surface area is 184 Å². The normalized spacial score (nSPS) is 10.8. The maximum atomic E-state index is 13.2. The van der Waals surface area contributed by atoms with E-state index in [0.29, 0.717) is 29.4 Å². The molecule has 0 aliphatic heterocycles. The lowest BCUT2D eigenvalue weighted by Gasteiger charge is -2.21. The third kappa shape index (κ3) is 4.61. The number of nitrogens with zero attached hydrogens (tertiary/aromatic N) is 3. The highest BCUT2D eigenvalue weighted by molar-refractivity contribution is 6.03. The number of amides is 2. The summed E-state index contributed by atoms with van der Waals surface area (Å²) in [6, 6.07) is 11.8. The quantitative estimate of drug-likeness (QED) is 0.433. The summed E-state index contributed by atoms with van der Waals surface area (Å²) in [6.07, 6.45) is 3.70. The van der Waals surface area contributed by atoms with Crippen LogP contribution in [0.4, 0.5) is 5.69 Å². The molecule has 0 fully saturated rings. The molecule has 164 valence electrons. The van der Waals surface area contributed by atoms with Crippen LogP contribution in [-0.4, -0.2) is 33.5 Å². The number of aromatic nitrogens is 2. The minimum atomic E-state index is -0.385. The van der Waals surface area contributed by atoms with Crippen LogP contribution in [0, 0.1) is 6.92 Å². The van der Waals surface area contributed by atoms with Gasteiger partial charge in [-0.25, -0.2) is 0 Å². The van der Waals surface area contributed by atoms with Gasteiger partial charge in [-0.1, -0.05) is 13.0 Å². The van der Waals surface area contributed by atoms with Crippen LogP contribution >= 0.6 is 0 Å². The molecule has 2 amide bonds. The Morgan fingerprint density at radius 2 is 1.88 bits per heavy atom. The monoisotopic (exact) mass is 434 g/mol. The van der Waals surface area contributed by atoms with Gasteiger partial charge in [0.1, 0.15) is 0 Å². The predicted molar refractivity (Wildman–Crippen MR) is 115 cm³/mol. The number of carbonyl (C=O) groups excluding carboxylic acids is 2. The molecule has 32 heavy (non-hydrogen) atoms. The van der Waals surface area contributed by atoms with Crippen molar-refractivity contribution in [1.29, 1.82) is 0 Å². The standard InChI is InChI=1S/C23H22N4O5/c1-3-10-27(14-20-25-26-22(32-20)19-7-5-12-31-19)23(29)16-9-8-15(2)17(13-16)24-21(28)18-6-4-11-30-18/h4-9,11-13H,3,10,14H2,1-2H3,(H,24,28). The molecule has 9 heteroatoms. The zero-order valence-corrected chi connectivity index (χ0v) is 17.7. The van der Waals surface area contributed by atoms with Crippen LogP contribution in [0.3, 0.4) is 0 Å². The van der Waals surface area contributed by atoms with Crippen LogP contribution in [0.1, 0.15) is 45.7 Å². The smallest absolute Gasteiger partial charge is 0.291 e. The molecule has 0 unspecified atom stereocenters. The Morgan fingerprint density at radius 3 is 2.59 bits per heavy atom. The number of rotatable bonds is 8. The molecule has 0 aliphatic rings. The van der Waals surface area contributed by atoms with Gasteiger partial charge in [-0.05, 0) is 55.3 Å². The van der Waals surface area contributed by atoms with Crippen LogP contribution in [0.15, 0.2) is 68.2 Å². The van der Waals surface area contributed by atoms with Crippen LogP contribution in [0.5, 0.6) is 0 Å². The van der Waals surface area contributed by atoms with Gasteiger partial charge in [-0.3, -0.25) is 9.59 Å². The number of nitrogens with one attached hydrogen (secondary N) is 1. The molecule has 0 saturated carbocycles. The molecule has 0 saturated heterocycles. The van der Waals surface area contributed by atoms with E-state index in [1.54, 1.807) is 47.4 Å². The first-order valence-electron chi connectivity index (χ1n) is 10.2. The Morgan fingerprint density at radius 1 is 1.06 bits per heavy atom. The molecule has 3 aromatic heterocycles. The molecular weight excluding hydrogens is 412 g/mol. The number of benzene rings is 1. The topological polar surface area (TPSA) is 115 Å². The largest absolute Gasteiger partial charge is 0.459 e. The average Bonchev–Trinajstić information content (AvgIpc) is 3.56. The Balaban J connectivity index is 1.52. The van der Waals surface area contributed by atoms with Crippen molar-refractivity contribution < 1.29 is 22.8 Å². The van der Waals surface area contributed by atoms with Crippen molar-refractivity contribution in [3.05, 3.63) is 77.8 Å². The van der Waals surface area contributed by atoms with Gasteiger partial charge in [0, 0.05) is 17.8 Å². The maximum absolute atomic E-state index is 13.2. The zero-order valence-electron chi connectivity index (χ0n) is 17.7.